The quantitative estimate of drug-likeness (QED) is 0.744. The zero-order valence-electron chi connectivity index (χ0n) is 15.4. The number of carbonyl (C=O) groups excluding carboxylic acids is 2. The maximum Gasteiger partial charge on any atom is 0.258 e. The second-order valence-corrected chi connectivity index (χ2v) is 6.92. The van der Waals surface area contributed by atoms with Crippen molar-refractivity contribution in [3.05, 3.63) is 52.3 Å². The summed E-state index contributed by atoms with van der Waals surface area (Å²) in [4.78, 5) is 28.7. The van der Waals surface area contributed by atoms with Crippen molar-refractivity contribution in [2.75, 3.05) is 5.32 Å². The molecule has 1 aliphatic heterocycles. The van der Waals surface area contributed by atoms with Crippen LogP contribution in [-0.4, -0.2) is 22.0 Å². The van der Waals surface area contributed by atoms with Gasteiger partial charge in [0.1, 0.15) is 0 Å². The summed E-state index contributed by atoms with van der Waals surface area (Å²) in [5.41, 5.74) is 5.14. The Morgan fingerprint density at radius 1 is 1.26 bits per heavy atom. The molecule has 0 bridgehead atoms. The number of nitrogens with one attached hydrogen (secondary N) is 2. The molecule has 138 valence electrons. The highest BCUT2D eigenvalue weighted by Gasteiger charge is 2.21. The standard InChI is InChI=1S/C20H20N4O3/c1-10-8-15(18-12(3)24-27-20(18)21-10)19(26)22-11(2)13-4-6-16-14(9-13)5-7-17(25)23-16/h4,6,8-9,11H,5,7H2,1-3H3,(H,22,26)(H,23,25)/t11-/m1/s1. The zero-order chi connectivity index (χ0) is 19.1. The van der Waals surface area contributed by atoms with Crippen LogP contribution >= 0.6 is 0 Å². The van der Waals surface area contributed by atoms with Gasteiger partial charge in [-0.15, -0.1) is 0 Å². The third-order valence-corrected chi connectivity index (χ3v) is 4.86. The minimum Gasteiger partial charge on any atom is -0.345 e. The number of rotatable bonds is 3. The minimum absolute atomic E-state index is 0.0396. The van der Waals surface area contributed by atoms with E-state index >= 15 is 0 Å². The molecule has 0 unspecified atom stereocenters. The van der Waals surface area contributed by atoms with E-state index in [9.17, 15) is 9.59 Å². The molecule has 3 heterocycles. The summed E-state index contributed by atoms with van der Waals surface area (Å²) in [6.07, 6.45) is 1.19. The summed E-state index contributed by atoms with van der Waals surface area (Å²) in [6, 6.07) is 7.41. The van der Waals surface area contributed by atoms with Crippen LogP contribution in [0.25, 0.3) is 11.1 Å². The fourth-order valence-electron chi connectivity index (χ4n) is 3.43. The van der Waals surface area contributed by atoms with Crippen LogP contribution in [-0.2, 0) is 11.2 Å². The van der Waals surface area contributed by atoms with E-state index in [4.69, 9.17) is 4.52 Å². The van der Waals surface area contributed by atoms with Crippen LogP contribution in [0.15, 0.2) is 28.8 Å². The van der Waals surface area contributed by atoms with Gasteiger partial charge in [0.2, 0.25) is 5.91 Å². The Balaban J connectivity index is 1.60. The first kappa shape index (κ1) is 17.2. The van der Waals surface area contributed by atoms with Gasteiger partial charge in [-0.1, -0.05) is 17.3 Å². The van der Waals surface area contributed by atoms with Gasteiger partial charge >= 0.3 is 0 Å². The molecule has 1 aromatic carbocycles. The highest BCUT2D eigenvalue weighted by Crippen LogP contribution is 2.27. The van der Waals surface area contributed by atoms with Crippen molar-refractivity contribution in [1.29, 1.82) is 0 Å². The number of amides is 2. The zero-order valence-corrected chi connectivity index (χ0v) is 15.4. The third-order valence-electron chi connectivity index (χ3n) is 4.86. The lowest BCUT2D eigenvalue weighted by Crippen LogP contribution is -2.27. The van der Waals surface area contributed by atoms with Crippen molar-refractivity contribution in [3.63, 3.8) is 0 Å². The number of anilines is 1. The highest BCUT2D eigenvalue weighted by molar-refractivity contribution is 6.06. The number of hydrogen-bond acceptors (Lipinski definition) is 5. The van der Waals surface area contributed by atoms with Crippen molar-refractivity contribution in [2.45, 2.75) is 39.7 Å². The largest absolute Gasteiger partial charge is 0.345 e. The normalized spacial score (nSPS) is 14.6. The number of pyridine rings is 1. The lowest BCUT2D eigenvalue weighted by molar-refractivity contribution is -0.116. The van der Waals surface area contributed by atoms with Crippen LogP contribution in [0.1, 0.15) is 52.3 Å². The number of carbonyl (C=O) groups is 2. The smallest absolute Gasteiger partial charge is 0.258 e. The van der Waals surface area contributed by atoms with E-state index < -0.39 is 0 Å². The van der Waals surface area contributed by atoms with Gasteiger partial charge in [0.15, 0.2) is 0 Å². The Labute approximate surface area is 156 Å². The molecular formula is C20H20N4O3. The fourth-order valence-corrected chi connectivity index (χ4v) is 3.43. The summed E-state index contributed by atoms with van der Waals surface area (Å²) in [5.74, 6) is -0.159. The van der Waals surface area contributed by atoms with Gasteiger partial charge in [-0.05, 0) is 50.5 Å². The molecule has 0 saturated carbocycles. The van der Waals surface area contributed by atoms with E-state index in [1.165, 1.54) is 0 Å². The first-order valence-electron chi connectivity index (χ1n) is 8.89. The molecule has 1 aliphatic rings. The molecule has 0 spiro atoms. The van der Waals surface area contributed by atoms with E-state index in [0.29, 0.717) is 40.9 Å². The second kappa shape index (κ2) is 6.50. The van der Waals surface area contributed by atoms with Crippen molar-refractivity contribution in [2.24, 2.45) is 0 Å². The molecule has 0 aliphatic carbocycles. The first-order chi connectivity index (χ1) is 12.9. The van der Waals surface area contributed by atoms with Crippen LogP contribution in [0.3, 0.4) is 0 Å². The van der Waals surface area contributed by atoms with Gasteiger partial charge in [0.05, 0.1) is 22.7 Å². The topological polar surface area (TPSA) is 97.1 Å². The summed E-state index contributed by atoms with van der Waals surface area (Å²) < 4.78 is 5.21. The summed E-state index contributed by atoms with van der Waals surface area (Å²) >= 11 is 0. The predicted molar refractivity (Wildman–Crippen MR) is 101 cm³/mol. The Hall–Kier alpha value is -3.22. The Bertz CT molecular complexity index is 1070. The molecule has 2 amide bonds. The molecule has 27 heavy (non-hydrogen) atoms. The van der Waals surface area contributed by atoms with Crippen molar-refractivity contribution < 1.29 is 14.1 Å². The number of hydrogen-bond donors (Lipinski definition) is 2. The number of benzene rings is 1. The Kier molecular flexibility index (Phi) is 4.14. The average Bonchev–Trinajstić information content (AvgIpc) is 3.01. The van der Waals surface area contributed by atoms with Crippen LogP contribution < -0.4 is 10.6 Å². The molecule has 7 nitrogen and oxygen atoms in total. The molecule has 0 radical (unpaired) electrons. The minimum atomic E-state index is -0.199. The van der Waals surface area contributed by atoms with Gasteiger partial charge in [0.25, 0.3) is 11.6 Å². The lowest BCUT2D eigenvalue weighted by Gasteiger charge is -2.20. The third kappa shape index (κ3) is 3.16. The first-order valence-corrected chi connectivity index (χ1v) is 8.89. The molecule has 2 aromatic heterocycles. The molecule has 0 fully saturated rings. The second-order valence-electron chi connectivity index (χ2n) is 6.92. The Morgan fingerprint density at radius 3 is 2.89 bits per heavy atom. The Morgan fingerprint density at radius 2 is 2.07 bits per heavy atom. The number of nitrogens with zero attached hydrogens (tertiary/aromatic N) is 2. The van der Waals surface area contributed by atoms with Crippen molar-refractivity contribution >= 4 is 28.6 Å². The van der Waals surface area contributed by atoms with Gasteiger partial charge in [-0.25, -0.2) is 4.98 Å². The monoisotopic (exact) mass is 364 g/mol. The predicted octanol–water partition coefficient (Wildman–Crippen LogP) is 3.22. The van der Waals surface area contributed by atoms with Gasteiger partial charge in [0, 0.05) is 17.8 Å². The maximum atomic E-state index is 12.9. The summed E-state index contributed by atoms with van der Waals surface area (Å²) in [6.45, 7) is 5.54. The number of fused-ring (bicyclic) bond motifs is 2. The van der Waals surface area contributed by atoms with Gasteiger partial charge < -0.3 is 15.2 Å². The van der Waals surface area contributed by atoms with Crippen LogP contribution in [0, 0.1) is 13.8 Å². The number of aryl methyl sites for hydroxylation is 3. The van der Waals surface area contributed by atoms with Gasteiger partial charge in [-0.3, -0.25) is 9.59 Å². The SMILES string of the molecule is Cc1cc(C(=O)N[C@H](C)c2ccc3c(c2)CCC(=O)N3)c2c(C)noc2n1. The molecular weight excluding hydrogens is 344 g/mol. The van der Waals surface area contributed by atoms with Gasteiger partial charge in [-0.2, -0.15) is 0 Å². The lowest BCUT2D eigenvalue weighted by atomic mass is 9.97. The van der Waals surface area contributed by atoms with E-state index in [0.717, 1.165) is 16.8 Å². The number of aromatic nitrogens is 2. The highest BCUT2D eigenvalue weighted by atomic mass is 16.5. The summed E-state index contributed by atoms with van der Waals surface area (Å²) in [7, 11) is 0. The maximum absolute atomic E-state index is 12.9. The van der Waals surface area contributed by atoms with E-state index in [1.807, 2.05) is 32.0 Å². The molecule has 7 heteroatoms. The van der Waals surface area contributed by atoms with E-state index in [2.05, 4.69) is 20.8 Å². The molecule has 0 saturated heterocycles. The average molecular weight is 364 g/mol. The van der Waals surface area contributed by atoms with Crippen LogP contribution in [0.4, 0.5) is 5.69 Å². The molecule has 3 aromatic rings. The molecule has 1 atom stereocenters. The van der Waals surface area contributed by atoms with E-state index in [1.54, 1.807) is 13.0 Å². The fraction of sp³-hybridized carbons (Fsp3) is 0.300. The van der Waals surface area contributed by atoms with E-state index in [-0.39, 0.29) is 17.9 Å². The molecule has 2 N–H and O–H groups in total. The summed E-state index contributed by atoms with van der Waals surface area (Å²) in [5, 5.41) is 10.5. The molecule has 4 rings (SSSR count). The van der Waals surface area contributed by atoms with Crippen LogP contribution in [0.5, 0.6) is 0 Å². The van der Waals surface area contributed by atoms with Crippen LogP contribution in [0.2, 0.25) is 0 Å². The van der Waals surface area contributed by atoms with Crippen molar-refractivity contribution in [3.8, 4) is 0 Å². The van der Waals surface area contributed by atoms with Crippen molar-refractivity contribution in [1.82, 2.24) is 15.5 Å².